The minimum Gasteiger partial charge on any atom is -0.479 e. The lowest BCUT2D eigenvalue weighted by Gasteiger charge is -2.30. The molecule has 0 aromatic carbocycles. The number of halogens is 4. The van der Waals surface area contributed by atoms with Gasteiger partial charge in [0.05, 0.1) is 19.1 Å². The van der Waals surface area contributed by atoms with Crippen LogP contribution in [0, 0.1) is 5.82 Å². The van der Waals surface area contributed by atoms with E-state index in [0.29, 0.717) is 19.0 Å². The fraction of sp³-hybridized carbons (Fsp3) is 0.400. The molecule has 1 N–H and O–H groups in total. The lowest BCUT2D eigenvalue weighted by Crippen LogP contribution is -2.42. The molecule has 3 aromatic heterocycles. The molecule has 188 valence electrons. The highest BCUT2D eigenvalue weighted by atomic mass is 32.2. The van der Waals surface area contributed by atoms with Crippen molar-refractivity contribution >= 4 is 16.0 Å². The number of imidazole rings is 1. The van der Waals surface area contributed by atoms with Crippen LogP contribution < -0.4 is 10.1 Å². The zero-order valence-electron chi connectivity index (χ0n) is 18.6. The van der Waals surface area contributed by atoms with Gasteiger partial charge in [0.15, 0.2) is 0 Å². The Kier molecular flexibility index (Phi) is 6.64. The fourth-order valence-corrected chi connectivity index (χ4v) is 4.58. The van der Waals surface area contributed by atoms with Crippen molar-refractivity contribution in [1.82, 2.24) is 28.8 Å². The summed E-state index contributed by atoms with van der Waals surface area (Å²) in [6, 6.07) is 1.10. The van der Waals surface area contributed by atoms with Crippen molar-refractivity contribution < 1.29 is 30.7 Å². The standard InChI is InChI=1S/C20H21F4N7O3S/c1-34-18-16(21)15(3-6-25-18)30-10-14(27-11-30)17-13(20(22,23)24)9-26-19(29-17)28-12-4-7-31(8-5-12)35(2,32)33/h3,6,9-12H,4-5,7-8H2,1-2H3,(H,26,28,29). The van der Waals surface area contributed by atoms with Crippen LogP contribution in [0.1, 0.15) is 18.4 Å². The number of sulfonamides is 1. The Hall–Kier alpha value is -3.33. The largest absolute Gasteiger partial charge is 0.479 e. The first kappa shape index (κ1) is 24.8. The molecule has 0 radical (unpaired) electrons. The van der Waals surface area contributed by atoms with Crippen molar-refractivity contribution in [1.29, 1.82) is 0 Å². The summed E-state index contributed by atoms with van der Waals surface area (Å²) in [5.74, 6) is -1.14. The van der Waals surface area contributed by atoms with E-state index in [0.717, 1.165) is 12.6 Å². The zero-order valence-corrected chi connectivity index (χ0v) is 19.4. The molecule has 35 heavy (non-hydrogen) atoms. The summed E-state index contributed by atoms with van der Waals surface area (Å²) < 4.78 is 86.4. The molecular formula is C20H21F4N7O3S. The Labute approximate surface area is 198 Å². The second kappa shape index (κ2) is 9.37. The maximum Gasteiger partial charge on any atom is 0.420 e. The van der Waals surface area contributed by atoms with Gasteiger partial charge in [-0.05, 0) is 18.9 Å². The van der Waals surface area contributed by atoms with Crippen LogP contribution in [-0.4, -0.2) is 69.7 Å². The number of nitrogens with one attached hydrogen (secondary N) is 1. The van der Waals surface area contributed by atoms with Gasteiger partial charge in [0.1, 0.15) is 23.3 Å². The number of aromatic nitrogens is 5. The summed E-state index contributed by atoms with van der Waals surface area (Å²) in [6.07, 6.45) is 1.55. The molecule has 0 amide bonds. The molecule has 4 rings (SSSR count). The van der Waals surface area contributed by atoms with Crippen molar-refractivity contribution in [3.05, 3.63) is 42.4 Å². The molecule has 15 heteroatoms. The molecule has 0 bridgehead atoms. The summed E-state index contributed by atoms with van der Waals surface area (Å²) >= 11 is 0. The minimum absolute atomic E-state index is 0.0193. The number of hydrogen-bond donors (Lipinski definition) is 1. The van der Waals surface area contributed by atoms with Crippen molar-refractivity contribution in [2.75, 3.05) is 31.8 Å². The lowest BCUT2D eigenvalue weighted by atomic mass is 10.1. The van der Waals surface area contributed by atoms with Gasteiger partial charge < -0.3 is 14.6 Å². The van der Waals surface area contributed by atoms with E-state index in [-0.39, 0.29) is 42.3 Å². The average Bonchev–Trinajstić information content (AvgIpc) is 3.28. The van der Waals surface area contributed by atoms with Crippen LogP contribution in [0.4, 0.5) is 23.5 Å². The lowest BCUT2D eigenvalue weighted by molar-refractivity contribution is -0.137. The highest BCUT2D eigenvalue weighted by molar-refractivity contribution is 7.88. The van der Waals surface area contributed by atoms with Crippen molar-refractivity contribution in [3.63, 3.8) is 0 Å². The molecular weight excluding hydrogens is 494 g/mol. The molecule has 0 unspecified atom stereocenters. The second-order valence-electron chi connectivity index (χ2n) is 7.85. The van der Waals surface area contributed by atoms with Crippen molar-refractivity contribution in [3.8, 4) is 23.0 Å². The Balaban J connectivity index is 1.63. The van der Waals surface area contributed by atoms with E-state index < -0.39 is 33.3 Å². The molecule has 0 aliphatic carbocycles. The molecule has 1 fully saturated rings. The number of piperidine rings is 1. The minimum atomic E-state index is -4.76. The number of methoxy groups -OCH3 is 1. The number of ether oxygens (including phenoxy) is 1. The molecule has 0 saturated carbocycles. The Morgan fingerprint density at radius 1 is 1.17 bits per heavy atom. The van der Waals surface area contributed by atoms with Gasteiger partial charge in [-0.15, -0.1) is 0 Å². The molecule has 10 nitrogen and oxygen atoms in total. The molecule has 4 heterocycles. The van der Waals surface area contributed by atoms with E-state index in [1.165, 1.54) is 34.4 Å². The van der Waals surface area contributed by atoms with E-state index in [2.05, 4.69) is 25.3 Å². The van der Waals surface area contributed by atoms with Crippen LogP contribution >= 0.6 is 0 Å². The second-order valence-corrected chi connectivity index (χ2v) is 9.84. The van der Waals surface area contributed by atoms with Gasteiger partial charge in [0.25, 0.3) is 5.88 Å². The number of rotatable bonds is 6. The first-order valence-electron chi connectivity index (χ1n) is 10.4. The number of pyridine rings is 1. The summed E-state index contributed by atoms with van der Waals surface area (Å²) in [5.41, 5.74) is -1.75. The number of alkyl halides is 3. The summed E-state index contributed by atoms with van der Waals surface area (Å²) in [4.78, 5) is 15.6. The summed E-state index contributed by atoms with van der Waals surface area (Å²) in [6.45, 7) is 0.546. The van der Waals surface area contributed by atoms with Crippen LogP contribution in [-0.2, 0) is 16.2 Å². The Morgan fingerprint density at radius 2 is 1.89 bits per heavy atom. The van der Waals surface area contributed by atoms with E-state index in [1.54, 1.807) is 0 Å². The monoisotopic (exact) mass is 515 g/mol. The maximum absolute atomic E-state index is 14.6. The van der Waals surface area contributed by atoms with Gasteiger partial charge in [0, 0.05) is 37.7 Å². The Morgan fingerprint density at radius 3 is 2.51 bits per heavy atom. The predicted molar refractivity (Wildman–Crippen MR) is 117 cm³/mol. The normalized spacial score (nSPS) is 15.8. The first-order chi connectivity index (χ1) is 16.5. The predicted octanol–water partition coefficient (Wildman–Crippen LogP) is 2.73. The number of nitrogens with zero attached hydrogens (tertiary/aromatic N) is 6. The number of hydrogen-bond acceptors (Lipinski definition) is 8. The van der Waals surface area contributed by atoms with Gasteiger partial charge in [-0.25, -0.2) is 32.7 Å². The van der Waals surface area contributed by atoms with E-state index >= 15 is 0 Å². The number of anilines is 1. The third kappa shape index (κ3) is 5.35. The van der Waals surface area contributed by atoms with Crippen LogP contribution in [0.3, 0.4) is 0 Å². The van der Waals surface area contributed by atoms with Crippen LogP contribution in [0.5, 0.6) is 5.88 Å². The molecule has 1 saturated heterocycles. The maximum atomic E-state index is 14.6. The highest BCUT2D eigenvalue weighted by Crippen LogP contribution is 2.36. The van der Waals surface area contributed by atoms with Crippen LogP contribution in [0.2, 0.25) is 0 Å². The molecule has 3 aromatic rings. The summed E-state index contributed by atoms with van der Waals surface area (Å²) in [7, 11) is -2.07. The van der Waals surface area contributed by atoms with E-state index in [4.69, 9.17) is 4.74 Å². The van der Waals surface area contributed by atoms with Crippen LogP contribution in [0.15, 0.2) is 31.0 Å². The molecule has 0 spiro atoms. The molecule has 1 aliphatic heterocycles. The third-order valence-electron chi connectivity index (χ3n) is 5.48. The molecule has 0 atom stereocenters. The van der Waals surface area contributed by atoms with Gasteiger partial charge in [-0.3, -0.25) is 0 Å². The van der Waals surface area contributed by atoms with E-state index in [1.807, 2.05) is 0 Å². The quantitative estimate of drug-likeness (QED) is 0.499. The highest BCUT2D eigenvalue weighted by Gasteiger charge is 2.36. The van der Waals surface area contributed by atoms with Gasteiger partial charge in [0.2, 0.25) is 21.8 Å². The van der Waals surface area contributed by atoms with Gasteiger partial charge >= 0.3 is 6.18 Å². The SMILES string of the molecule is COc1nccc(-n2cnc(-c3nc(NC4CCN(S(C)(=O)=O)CC4)ncc3C(F)(F)F)c2)c1F. The smallest absolute Gasteiger partial charge is 0.420 e. The molecule has 1 aliphatic rings. The summed E-state index contributed by atoms with van der Waals surface area (Å²) in [5, 5.41) is 2.97. The van der Waals surface area contributed by atoms with Crippen LogP contribution in [0.25, 0.3) is 17.1 Å². The zero-order chi connectivity index (χ0) is 25.4. The van der Waals surface area contributed by atoms with Crippen molar-refractivity contribution in [2.45, 2.75) is 25.1 Å². The Bertz CT molecular complexity index is 1320. The average molecular weight is 515 g/mol. The van der Waals surface area contributed by atoms with Gasteiger partial charge in [-0.1, -0.05) is 0 Å². The van der Waals surface area contributed by atoms with Gasteiger partial charge in [-0.2, -0.15) is 17.6 Å². The fourth-order valence-electron chi connectivity index (χ4n) is 3.70. The third-order valence-corrected chi connectivity index (χ3v) is 6.79. The first-order valence-corrected chi connectivity index (χ1v) is 12.2. The van der Waals surface area contributed by atoms with Crippen molar-refractivity contribution in [2.24, 2.45) is 0 Å². The topological polar surface area (TPSA) is 115 Å². The van der Waals surface area contributed by atoms with E-state index in [9.17, 15) is 26.0 Å².